The molecule has 3 aromatic rings. The summed E-state index contributed by atoms with van der Waals surface area (Å²) in [6, 6.07) is 13.5. The monoisotopic (exact) mass is 396 g/mol. The lowest BCUT2D eigenvalue weighted by atomic mass is 10.3. The van der Waals surface area contributed by atoms with E-state index in [0.29, 0.717) is 49.8 Å². The third-order valence-electron chi connectivity index (χ3n) is 4.36. The zero-order chi connectivity index (χ0) is 20.1. The normalized spacial score (nSPS) is 13.8. The van der Waals surface area contributed by atoms with Crippen molar-refractivity contribution in [3.05, 3.63) is 54.3 Å². The average molecular weight is 396 g/mol. The van der Waals surface area contributed by atoms with Crippen LogP contribution in [-0.4, -0.2) is 48.4 Å². The summed E-state index contributed by atoms with van der Waals surface area (Å²) in [5.41, 5.74) is 1.50. The molecule has 4 rings (SSSR count). The van der Waals surface area contributed by atoms with E-state index < -0.39 is 0 Å². The van der Waals surface area contributed by atoms with Gasteiger partial charge in [-0.15, -0.1) is 0 Å². The molecule has 1 fully saturated rings. The van der Waals surface area contributed by atoms with Crippen LogP contribution in [0.4, 0.5) is 33.6 Å². The van der Waals surface area contributed by atoms with E-state index in [4.69, 9.17) is 9.47 Å². The minimum atomic E-state index is -0.304. The van der Waals surface area contributed by atoms with Crippen LogP contribution >= 0.6 is 0 Å². The van der Waals surface area contributed by atoms with Crippen molar-refractivity contribution in [2.45, 2.75) is 0 Å². The van der Waals surface area contributed by atoms with Gasteiger partial charge in [-0.05, 0) is 48.5 Å². The highest BCUT2D eigenvalue weighted by atomic mass is 19.1. The van der Waals surface area contributed by atoms with E-state index in [1.54, 1.807) is 19.2 Å². The minimum absolute atomic E-state index is 0.304. The molecule has 0 aliphatic carbocycles. The minimum Gasteiger partial charge on any atom is -0.497 e. The number of halogens is 1. The number of rotatable bonds is 6. The lowest BCUT2D eigenvalue weighted by Gasteiger charge is -2.27. The number of benzene rings is 2. The van der Waals surface area contributed by atoms with Crippen LogP contribution in [0, 0.1) is 5.82 Å². The molecule has 1 saturated heterocycles. The predicted octanol–water partition coefficient (Wildman–Crippen LogP) is 3.34. The van der Waals surface area contributed by atoms with Crippen LogP contribution < -0.4 is 20.3 Å². The van der Waals surface area contributed by atoms with E-state index in [-0.39, 0.29) is 5.82 Å². The molecule has 2 heterocycles. The molecule has 0 atom stereocenters. The van der Waals surface area contributed by atoms with Gasteiger partial charge in [-0.25, -0.2) is 4.39 Å². The lowest BCUT2D eigenvalue weighted by Crippen LogP contribution is -2.37. The van der Waals surface area contributed by atoms with Crippen molar-refractivity contribution in [1.82, 2.24) is 15.0 Å². The fourth-order valence-corrected chi connectivity index (χ4v) is 2.85. The van der Waals surface area contributed by atoms with Gasteiger partial charge in [-0.2, -0.15) is 15.0 Å². The predicted molar refractivity (Wildman–Crippen MR) is 109 cm³/mol. The Balaban J connectivity index is 1.61. The summed E-state index contributed by atoms with van der Waals surface area (Å²) in [6.45, 7) is 2.63. The second-order valence-electron chi connectivity index (χ2n) is 6.37. The Morgan fingerprint density at radius 1 is 0.862 bits per heavy atom. The Kier molecular flexibility index (Phi) is 5.66. The van der Waals surface area contributed by atoms with Gasteiger partial charge < -0.3 is 25.0 Å². The van der Waals surface area contributed by atoms with Gasteiger partial charge >= 0.3 is 0 Å². The number of anilines is 5. The summed E-state index contributed by atoms with van der Waals surface area (Å²) in [4.78, 5) is 15.6. The largest absolute Gasteiger partial charge is 0.497 e. The molecule has 8 nitrogen and oxygen atoms in total. The summed E-state index contributed by atoms with van der Waals surface area (Å²) >= 11 is 0. The summed E-state index contributed by atoms with van der Waals surface area (Å²) in [7, 11) is 1.62. The number of nitrogens with zero attached hydrogens (tertiary/aromatic N) is 4. The van der Waals surface area contributed by atoms with E-state index in [2.05, 4.69) is 25.6 Å². The van der Waals surface area contributed by atoms with Crippen LogP contribution in [0.1, 0.15) is 0 Å². The Hall–Kier alpha value is -3.46. The maximum Gasteiger partial charge on any atom is 0.233 e. The molecule has 0 bridgehead atoms. The lowest BCUT2D eigenvalue weighted by molar-refractivity contribution is 0.122. The van der Waals surface area contributed by atoms with E-state index in [9.17, 15) is 4.39 Å². The molecule has 1 aliphatic rings. The molecule has 0 unspecified atom stereocenters. The van der Waals surface area contributed by atoms with Crippen molar-refractivity contribution in [3.63, 3.8) is 0 Å². The van der Waals surface area contributed by atoms with Crippen LogP contribution in [0.15, 0.2) is 48.5 Å². The third kappa shape index (κ3) is 4.88. The van der Waals surface area contributed by atoms with Gasteiger partial charge in [0, 0.05) is 24.5 Å². The number of nitrogens with one attached hydrogen (secondary N) is 2. The highest BCUT2D eigenvalue weighted by Crippen LogP contribution is 2.22. The highest BCUT2D eigenvalue weighted by Gasteiger charge is 2.17. The van der Waals surface area contributed by atoms with Crippen molar-refractivity contribution in [2.75, 3.05) is 48.9 Å². The van der Waals surface area contributed by atoms with Gasteiger partial charge in [0.15, 0.2) is 0 Å². The number of methoxy groups -OCH3 is 1. The van der Waals surface area contributed by atoms with Gasteiger partial charge in [0.2, 0.25) is 17.8 Å². The van der Waals surface area contributed by atoms with Crippen molar-refractivity contribution < 1.29 is 13.9 Å². The SMILES string of the molecule is COc1ccc(Nc2nc(Nc3ccc(F)cc3)nc(N3CCOCC3)n2)cc1. The Morgan fingerprint density at radius 3 is 1.97 bits per heavy atom. The van der Waals surface area contributed by atoms with Crippen LogP contribution in [-0.2, 0) is 4.74 Å². The standard InChI is InChI=1S/C20H21FN6O2/c1-28-17-8-6-16(7-9-17)23-19-24-18(22-15-4-2-14(21)3-5-15)25-20(26-19)27-10-12-29-13-11-27/h2-9H,10-13H2,1H3,(H2,22,23,24,25,26). The van der Waals surface area contributed by atoms with Crippen LogP contribution in [0.25, 0.3) is 0 Å². The molecule has 1 aromatic heterocycles. The molecule has 1 aliphatic heterocycles. The fraction of sp³-hybridized carbons (Fsp3) is 0.250. The molecule has 2 N–H and O–H groups in total. The Labute approximate surface area is 167 Å². The summed E-state index contributed by atoms with van der Waals surface area (Å²) in [5.74, 6) is 1.77. The second-order valence-corrected chi connectivity index (χ2v) is 6.37. The summed E-state index contributed by atoms with van der Waals surface area (Å²) in [6.07, 6.45) is 0. The first-order valence-corrected chi connectivity index (χ1v) is 9.22. The number of aromatic nitrogens is 3. The summed E-state index contributed by atoms with van der Waals surface area (Å²) in [5, 5.41) is 6.30. The van der Waals surface area contributed by atoms with E-state index >= 15 is 0 Å². The van der Waals surface area contributed by atoms with E-state index in [1.165, 1.54) is 12.1 Å². The molecule has 0 amide bonds. The number of hydrogen-bond acceptors (Lipinski definition) is 8. The Bertz CT molecular complexity index is 946. The first-order chi connectivity index (χ1) is 14.2. The molecular formula is C20H21FN6O2. The topological polar surface area (TPSA) is 84.4 Å². The highest BCUT2D eigenvalue weighted by molar-refractivity contribution is 5.60. The zero-order valence-electron chi connectivity index (χ0n) is 15.9. The Morgan fingerprint density at radius 2 is 1.41 bits per heavy atom. The molecule has 9 heteroatoms. The van der Waals surface area contributed by atoms with Crippen molar-refractivity contribution in [1.29, 1.82) is 0 Å². The van der Waals surface area contributed by atoms with Gasteiger partial charge in [-0.1, -0.05) is 0 Å². The molecule has 0 spiro atoms. The number of hydrogen-bond donors (Lipinski definition) is 2. The maximum absolute atomic E-state index is 13.2. The average Bonchev–Trinajstić information content (AvgIpc) is 2.76. The van der Waals surface area contributed by atoms with Crippen molar-refractivity contribution >= 4 is 29.2 Å². The van der Waals surface area contributed by atoms with Gasteiger partial charge in [0.05, 0.1) is 20.3 Å². The molecular weight excluding hydrogens is 375 g/mol. The molecule has 0 saturated carbocycles. The second kappa shape index (κ2) is 8.70. The number of morpholine rings is 1. The maximum atomic E-state index is 13.2. The zero-order valence-corrected chi connectivity index (χ0v) is 15.9. The molecule has 29 heavy (non-hydrogen) atoms. The summed E-state index contributed by atoms with van der Waals surface area (Å²) < 4.78 is 23.8. The van der Waals surface area contributed by atoms with Gasteiger partial charge in [-0.3, -0.25) is 0 Å². The van der Waals surface area contributed by atoms with Crippen LogP contribution in [0.2, 0.25) is 0 Å². The van der Waals surface area contributed by atoms with Crippen molar-refractivity contribution in [2.24, 2.45) is 0 Å². The quantitative estimate of drug-likeness (QED) is 0.656. The van der Waals surface area contributed by atoms with Crippen molar-refractivity contribution in [3.8, 4) is 5.75 Å². The number of ether oxygens (including phenoxy) is 2. The van der Waals surface area contributed by atoms with Crippen LogP contribution in [0.5, 0.6) is 5.75 Å². The fourth-order valence-electron chi connectivity index (χ4n) is 2.85. The van der Waals surface area contributed by atoms with Gasteiger partial charge in [0.25, 0.3) is 0 Å². The molecule has 150 valence electrons. The first kappa shape index (κ1) is 18.9. The van der Waals surface area contributed by atoms with Gasteiger partial charge in [0.1, 0.15) is 11.6 Å². The smallest absolute Gasteiger partial charge is 0.233 e. The molecule has 2 aromatic carbocycles. The van der Waals surface area contributed by atoms with E-state index in [1.807, 2.05) is 29.2 Å². The van der Waals surface area contributed by atoms with E-state index in [0.717, 1.165) is 11.4 Å². The first-order valence-electron chi connectivity index (χ1n) is 9.22. The molecule has 0 radical (unpaired) electrons. The van der Waals surface area contributed by atoms with Crippen LogP contribution in [0.3, 0.4) is 0 Å². The third-order valence-corrected chi connectivity index (χ3v) is 4.36.